The first kappa shape index (κ1) is 13.7. The fourth-order valence-electron chi connectivity index (χ4n) is 1.95. The Balaban J connectivity index is 2.25. The number of hydrogen-bond donors (Lipinski definition) is 2. The molecule has 2 N–H and O–H groups in total. The molecule has 0 amide bonds. The van der Waals surface area contributed by atoms with E-state index in [2.05, 4.69) is 25.6 Å². The summed E-state index contributed by atoms with van der Waals surface area (Å²) in [5.74, 6) is 0. The summed E-state index contributed by atoms with van der Waals surface area (Å²) in [4.78, 5) is 15.7. The van der Waals surface area contributed by atoms with Gasteiger partial charge < -0.3 is 9.88 Å². The molecule has 1 unspecified atom stereocenters. The molecular formula is C10H14BrN3O3S. The number of rotatable bonds is 3. The maximum absolute atomic E-state index is 12.1. The predicted octanol–water partition coefficient (Wildman–Crippen LogP) is 0.120. The minimum atomic E-state index is -3.77. The third-order valence-electron chi connectivity index (χ3n) is 2.84. The summed E-state index contributed by atoms with van der Waals surface area (Å²) in [6.45, 7) is 1.51. The minimum absolute atomic E-state index is 0.140. The molecule has 0 bridgehead atoms. The highest BCUT2D eigenvalue weighted by Gasteiger charge is 2.27. The van der Waals surface area contributed by atoms with Crippen molar-refractivity contribution >= 4 is 26.0 Å². The van der Waals surface area contributed by atoms with Crippen molar-refractivity contribution in [2.45, 2.75) is 17.4 Å². The molecule has 1 aromatic rings. The van der Waals surface area contributed by atoms with Gasteiger partial charge in [0, 0.05) is 23.3 Å². The van der Waals surface area contributed by atoms with E-state index in [9.17, 15) is 13.2 Å². The lowest BCUT2D eigenvalue weighted by atomic mass is 10.3. The molecule has 2 heterocycles. The fraction of sp³-hybridized carbons (Fsp3) is 0.500. The molecule has 6 nitrogen and oxygen atoms in total. The number of likely N-dealkylation sites (N-methyl/N-ethyl adjacent to an activating group) is 1. The Morgan fingerprint density at radius 1 is 1.56 bits per heavy atom. The van der Waals surface area contributed by atoms with E-state index in [1.54, 1.807) is 0 Å². The van der Waals surface area contributed by atoms with Crippen LogP contribution in [0.15, 0.2) is 26.4 Å². The second kappa shape index (κ2) is 5.12. The molecule has 1 saturated heterocycles. The predicted molar refractivity (Wildman–Crippen MR) is 71.0 cm³/mol. The Bertz CT molecular complexity index is 599. The molecule has 2 rings (SSSR count). The monoisotopic (exact) mass is 335 g/mol. The summed E-state index contributed by atoms with van der Waals surface area (Å²) in [5.41, 5.74) is -0.614. The van der Waals surface area contributed by atoms with Gasteiger partial charge in [-0.15, -0.1) is 0 Å². The lowest BCUT2D eigenvalue weighted by Crippen LogP contribution is -2.38. The Hall–Kier alpha value is -0.700. The third kappa shape index (κ3) is 3.00. The molecule has 0 aliphatic carbocycles. The highest BCUT2D eigenvalue weighted by molar-refractivity contribution is 9.10. The fourth-order valence-corrected chi connectivity index (χ4v) is 3.79. The first-order valence-electron chi connectivity index (χ1n) is 5.47. The molecule has 0 saturated carbocycles. The van der Waals surface area contributed by atoms with Gasteiger partial charge in [0.1, 0.15) is 4.90 Å². The Morgan fingerprint density at radius 2 is 2.28 bits per heavy atom. The lowest BCUT2D eigenvalue weighted by molar-refractivity contribution is 0.407. The number of hydrogen-bond acceptors (Lipinski definition) is 4. The van der Waals surface area contributed by atoms with E-state index >= 15 is 0 Å². The average Bonchev–Trinajstić information content (AvgIpc) is 2.66. The normalized spacial score (nSPS) is 21.3. The molecule has 0 aromatic carbocycles. The molecule has 1 aromatic heterocycles. The second-order valence-electron chi connectivity index (χ2n) is 4.38. The number of pyridine rings is 1. The summed E-state index contributed by atoms with van der Waals surface area (Å²) in [5, 5.41) is 0. The van der Waals surface area contributed by atoms with E-state index in [1.165, 1.54) is 12.3 Å². The Labute approximate surface area is 114 Å². The maximum atomic E-state index is 12.1. The number of halogens is 1. The molecule has 1 fully saturated rings. The van der Waals surface area contributed by atoms with Crippen LogP contribution in [0.5, 0.6) is 0 Å². The van der Waals surface area contributed by atoms with E-state index < -0.39 is 15.6 Å². The number of likely N-dealkylation sites (tertiary alicyclic amines) is 1. The molecular weight excluding hydrogens is 322 g/mol. The van der Waals surface area contributed by atoms with Gasteiger partial charge in [-0.25, -0.2) is 13.1 Å². The van der Waals surface area contributed by atoms with Crippen LogP contribution in [0.2, 0.25) is 0 Å². The zero-order valence-corrected chi connectivity index (χ0v) is 12.2. The van der Waals surface area contributed by atoms with Crippen molar-refractivity contribution in [2.75, 3.05) is 20.1 Å². The van der Waals surface area contributed by atoms with Crippen LogP contribution in [0, 0.1) is 0 Å². The van der Waals surface area contributed by atoms with Gasteiger partial charge in [0.2, 0.25) is 10.0 Å². The highest BCUT2D eigenvalue weighted by atomic mass is 79.9. The van der Waals surface area contributed by atoms with Gasteiger partial charge >= 0.3 is 0 Å². The van der Waals surface area contributed by atoms with Gasteiger partial charge in [0.05, 0.1) is 0 Å². The van der Waals surface area contributed by atoms with Gasteiger partial charge in [-0.05, 0) is 42.0 Å². The third-order valence-corrected chi connectivity index (χ3v) is 4.82. The molecule has 0 radical (unpaired) electrons. The topological polar surface area (TPSA) is 82.3 Å². The summed E-state index contributed by atoms with van der Waals surface area (Å²) in [6, 6.07) is 1.17. The summed E-state index contributed by atoms with van der Waals surface area (Å²) >= 11 is 3.14. The summed E-state index contributed by atoms with van der Waals surface area (Å²) in [7, 11) is -1.84. The molecule has 100 valence electrons. The molecule has 18 heavy (non-hydrogen) atoms. The van der Waals surface area contributed by atoms with Crippen molar-refractivity contribution in [2.24, 2.45) is 0 Å². The largest absolute Gasteiger partial charge is 0.327 e. The summed E-state index contributed by atoms with van der Waals surface area (Å²) in [6.07, 6.45) is 2.16. The molecule has 1 aliphatic heterocycles. The Morgan fingerprint density at radius 3 is 2.89 bits per heavy atom. The standard InChI is InChI=1S/C10H14BrN3O3S/c1-14-3-2-8(6-14)13-18(16,17)9-4-7(11)5-12-10(9)15/h4-5,8,13H,2-3,6H2,1H3,(H,12,15). The van der Waals surface area contributed by atoms with E-state index in [-0.39, 0.29) is 10.9 Å². The van der Waals surface area contributed by atoms with Gasteiger partial charge in [-0.1, -0.05) is 0 Å². The SMILES string of the molecule is CN1CCC(NS(=O)(=O)c2cc(Br)c[nH]c2=O)C1. The number of H-pyrrole nitrogens is 1. The first-order chi connectivity index (χ1) is 8.38. The lowest BCUT2D eigenvalue weighted by Gasteiger charge is -2.12. The minimum Gasteiger partial charge on any atom is -0.327 e. The number of nitrogens with zero attached hydrogens (tertiary/aromatic N) is 1. The van der Waals surface area contributed by atoms with E-state index in [4.69, 9.17) is 0 Å². The smallest absolute Gasteiger partial charge is 0.268 e. The summed E-state index contributed by atoms with van der Waals surface area (Å²) < 4.78 is 27.3. The first-order valence-corrected chi connectivity index (χ1v) is 7.75. The van der Waals surface area contributed by atoms with Crippen LogP contribution < -0.4 is 10.3 Å². The van der Waals surface area contributed by atoms with Crippen LogP contribution in [0.1, 0.15) is 6.42 Å². The van der Waals surface area contributed by atoms with Crippen LogP contribution in [0.25, 0.3) is 0 Å². The maximum Gasteiger partial charge on any atom is 0.268 e. The van der Waals surface area contributed by atoms with E-state index in [0.717, 1.165) is 13.0 Å². The van der Waals surface area contributed by atoms with Gasteiger partial charge in [-0.3, -0.25) is 4.79 Å². The number of nitrogens with one attached hydrogen (secondary N) is 2. The second-order valence-corrected chi connectivity index (χ2v) is 6.98. The molecule has 8 heteroatoms. The van der Waals surface area contributed by atoms with E-state index in [0.29, 0.717) is 11.0 Å². The quantitative estimate of drug-likeness (QED) is 0.821. The van der Waals surface area contributed by atoms with Crippen molar-refractivity contribution in [3.05, 3.63) is 27.1 Å². The molecule has 1 atom stereocenters. The van der Waals surface area contributed by atoms with E-state index in [1.807, 2.05) is 11.9 Å². The number of aromatic amines is 1. The zero-order chi connectivity index (χ0) is 13.3. The van der Waals surface area contributed by atoms with Crippen LogP contribution in [0.3, 0.4) is 0 Å². The molecule has 0 spiro atoms. The van der Waals surface area contributed by atoms with Crippen LogP contribution in [-0.2, 0) is 10.0 Å². The van der Waals surface area contributed by atoms with Crippen molar-refractivity contribution in [1.29, 1.82) is 0 Å². The van der Waals surface area contributed by atoms with Gasteiger partial charge in [0.15, 0.2) is 0 Å². The van der Waals surface area contributed by atoms with Crippen LogP contribution in [-0.4, -0.2) is 44.5 Å². The number of sulfonamides is 1. The van der Waals surface area contributed by atoms with Crippen molar-refractivity contribution < 1.29 is 8.42 Å². The van der Waals surface area contributed by atoms with Crippen molar-refractivity contribution in [3.63, 3.8) is 0 Å². The van der Waals surface area contributed by atoms with Gasteiger partial charge in [0.25, 0.3) is 5.56 Å². The van der Waals surface area contributed by atoms with Gasteiger partial charge in [-0.2, -0.15) is 0 Å². The van der Waals surface area contributed by atoms with Crippen molar-refractivity contribution in [1.82, 2.24) is 14.6 Å². The zero-order valence-electron chi connectivity index (χ0n) is 9.81. The Kier molecular flexibility index (Phi) is 3.90. The highest BCUT2D eigenvalue weighted by Crippen LogP contribution is 2.13. The van der Waals surface area contributed by atoms with Crippen LogP contribution >= 0.6 is 15.9 Å². The molecule has 1 aliphatic rings. The van der Waals surface area contributed by atoms with Crippen molar-refractivity contribution in [3.8, 4) is 0 Å². The average molecular weight is 336 g/mol. The number of aromatic nitrogens is 1. The van der Waals surface area contributed by atoms with Crippen LogP contribution in [0.4, 0.5) is 0 Å².